The average Bonchev–Trinajstić information content (AvgIpc) is 2.40. The first-order valence-corrected chi connectivity index (χ1v) is 7.37. The van der Waals surface area contributed by atoms with E-state index in [0.717, 1.165) is 17.7 Å². The number of halogens is 3. The van der Waals surface area contributed by atoms with E-state index < -0.39 is 26.0 Å². The topological polar surface area (TPSA) is 54.4 Å². The molecule has 0 aliphatic carbocycles. The highest BCUT2D eigenvalue weighted by Gasteiger charge is 2.48. The minimum atomic E-state index is -5.57. The van der Waals surface area contributed by atoms with Crippen molar-refractivity contribution in [3.05, 3.63) is 59.7 Å². The van der Waals surface area contributed by atoms with Crippen LogP contribution in [0, 0.1) is 0 Å². The quantitative estimate of drug-likeness (QED) is 0.945. The summed E-state index contributed by atoms with van der Waals surface area (Å²) in [5, 5.41) is 9.42. The molecule has 7 heteroatoms. The summed E-state index contributed by atoms with van der Waals surface area (Å²) < 4.78 is 60.5. The lowest BCUT2D eigenvalue weighted by atomic mass is 10.1. The molecule has 2 rings (SSSR count). The first kappa shape index (κ1) is 15.4. The van der Waals surface area contributed by atoms with Gasteiger partial charge in [-0.2, -0.15) is 13.2 Å². The van der Waals surface area contributed by atoms with Crippen molar-refractivity contribution in [1.82, 2.24) is 0 Å². The molecule has 0 aliphatic heterocycles. The number of phenols is 1. The molecule has 0 spiro atoms. The standard InChI is InChI=1S/C14H11F3O3S/c15-14(16,17)21(19,20)13-9-11(6-7-12(13)18)8-10-4-2-1-3-5-10/h1-7,9,18H,8H2. The van der Waals surface area contributed by atoms with Crippen LogP contribution in [0.1, 0.15) is 11.1 Å². The number of sulfone groups is 1. The van der Waals surface area contributed by atoms with Crippen LogP contribution >= 0.6 is 0 Å². The van der Waals surface area contributed by atoms with E-state index >= 15 is 0 Å². The second-order valence-electron chi connectivity index (χ2n) is 4.41. The largest absolute Gasteiger partial charge is 0.507 e. The molecule has 0 aromatic heterocycles. The summed E-state index contributed by atoms with van der Waals surface area (Å²) in [6.07, 6.45) is 0.265. The van der Waals surface area contributed by atoms with E-state index in [0.29, 0.717) is 5.56 Å². The molecule has 0 saturated heterocycles. The summed E-state index contributed by atoms with van der Waals surface area (Å²) in [6, 6.07) is 12.1. The third kappa shape index (κ3) is 3.18. The van der Waals surface area contributed by atoms with Crippen LogP contribution < -0.4 is 0 Å². The van der Waals surface area contributed by atoms with E-state index in [4.69, 9.17) is 0 Å². The Hall–Kier alpha value is -2.02. The van der Waals surface area contributed by atoms with Crippen LogP contribution in [0.3, 0.4) is 0 Å². The van der Waals surface area contributed by atoms with E-state index in [1.54, 1.807) is 30.3 Å². The zero-order valence-corrected chi connectivity index (χ0v) is 11.4. The Morgan fingerprint density at radius 1 is 0.952 bits per heavy atom. The summed E-state index contributed by atoms with van der Waals surface area (Å²) in [5.74, 6) is -0.913. The summed E-state index contributed by atoms with van der Waals surface area (Å²) in [7, 11) is -5.57. The van der Waals surface area contributed by atoms with Crippen LogP contribution in [0.5, 0.6) is 5.75 Å². The van der Waals surface area contributed by atoms with Crippen molar-refractivity contribution in [2.24, 2.45) is 0 Å². The van der Waals surface area contributed by atoms with Crippen molar-refractivity contribution in [3.63, 3.8) is 0 Å². The Bertz CT molecular complexity index is 738. The summed E-state index contributed by atoms with van der Waals surface area (Å²) in [4.78, 5) is -1.12. The molecule has 0 bridgehead atoms. The fourth-order valence-electron chi connectivity index (χ4n) is 1.84. The van der Waals surface area contributed by atoms with E-state index in [-0.39, 0.29) is 6.42 Å². The molecular weight excluding hydrogens is 305 g/mol. The molecule has 21 heavy (non-hydrogen) atoms. The van der Waals surface area contributed by atoms with Gasteiger partial charge in [0.1, 0.15) is 10.6 Å². The summed E-state index contributed by atoms with van der Waals surface area (Å²) in [6.45, 7) is 0. The molecule has 0 fully saturated rings. The smallest absolute Gasteiger partial charge is 0.502 e. The lowest BCUT2D eigenvalue weighted by Gasteiger charge is -2.11. The molecule has 0 radical (unpaired) electrons. The first-order chi connectivity index (χ1) is 9.72. The number of benzene rings is 2. The minimum absolute atomic E-state index is 0.265. The number of hydrogen-bond acceptors (Lipinski definition) is 3. The van der Waals surface area contributed by atoms with Gasteiger partial charge in [-0.3, -0.25) is 0 Å². The highest BCUT2D eigenvalue weighted by molar-refractivity contribution is 7.92. The minimum Gasteiger partial charge on any atom is -0.507 e. The van der Waals surface area contributed by atoms with Crippen molar-refractivity contribution < 1.29 is 26.7 Å². The second-order valence-corrected chi connectivity index (χ2v) is 6.32. The van der Waals surface area contributed by atoms with Crippen LogP contribution in [-0.4, -0.2) is 19.0 Å². The van der Waals surface area contributed by atoms with Gasteiger partial charge in [0.15, 0.2) is 0 Å². The number of aromatic hydroxyl groups is 1. The van der Waals surface area contributed by atoms with Crippen LogP contribution in [0.4, 0.5) is 13.2 Å². The molecule has 112 valence electrons. The van der Waals surface area contributed by atoms with Crippen LogP contribution in [-0.2, 0) is 16.3 Å². The Morgan fingerprint density at radius 2 is 1.57 bits per heavy atom. The van der Waals surface area contributed by atoms with Crippen molar-refractivity contribution in [2.45, 2.75) is 16.8 Å². The normalized spacial score (nSPS) is 12.3. The van der Waals surface area contributed by atoms with Gasteiger partial charge in [0.25, 0.3) is 9.84 Å². The molecule has 1 N–H and O–H groups in total. The third-order valence-electron chi connectivity index (χ3n) is 2.87. The summed E-state index contributed by atoms with van der Waals surface area (Å²) >= 11 is 0. The number of phenolic OH excluding ortho intramolecular Hbond substituents is 1. The lowest BCUT2D eigenvalue weighted by molar-refractivity contribution is -0.0437. The summed E-state index contributed by atoms with van der Waals surface area (Å²) in [5.41, 5.74) is -4.27. The number of rotatable bonds is 3. The Kier molecular flexibility index (Phi) is 3.95. The van der Waals surface area contributed by atoms with E-state index in [1.165, 1.54) is 6.07 Å². The third-order valence-corrected chi connectivity index (χ3v) is 4.38. The Labute approximate surface area is 119 Å². The monoisotopic (exact) mass is 316 g/mol. The van der Waals surface area contributed by atoms with Gasteiger partial charge < -0.3 is 5.11 Å². The average molecular weight is 316 g/mol. The van der Waals surface area contributed by atoms with Crippen molar-refractivity contribution in [3.8, 4) is 5.75 Å². The molecule has 0 atom stereocenters. The predicted molar refractivity (Wildman–Crippen MR) is 70.6 cm³/mol. The van der Waals surface area contributed by atoms with E-state index in [1.807, 2.05) is 0 Å². The maximum atomic E-state index is 12.6. The molecule has 0 heterocycles. The molecule has 3 nitrogen and oxygen atoms in total. The highest BCUT2D eigenvalue weighted by atomic mass is 32.2. The fourth-order valence-corrected chi connectivity index (χ4v) is 2.74. The van der Waals surface area contributed by atoms with Gasteiger partial charge in [-0.1, -0.05) is 36.4 Å². The first-order valence-electron chi connectivity index (χ1n) is 5.89. The highest BCUT2D eigenvalue weighted by Crippen LogP contribution is 2.35. The van der Waals surface area contributed by atoms with Crippen LogP contribution in [0.15, 0.2) is 53.4 Å². The lowest BCUT2D eigenvalue weighted by Crippen LogP contribution is -2.23. The van der Waals surface area contributed by atoms with Crippen LogP contribution in [0.2, 0.25) is 0 Å². The van der Waals surface area contributed by atoms with Gasteiger partial charge in [-0.05, 0) is 29.7 Å². The SMILES string of the molecule is O=S(=O)(c1cc(Cc2ccccc2)ccc1O)C(F)(F)F. The maximum Gasteiger partial charge on any atom is 0.502 e. The van der Waals surface area contributed by atoms with Crippen molar-refractivity contribution in [1.29, 1.82) is 0 Å². The van der Waals surface area contributed by atoms with Crippen molar-refractivity contribution in [2.75, 3.05) is 0 Å². The second kappa shape index (κ2) is 5.40. The van der Waals surface area contributed by atoms with E-state index in [2.05, 4.69) is 0 Å². The fraction of sp³-hybridized carbons (Fsp3) is 0.143. The number of hydrogen-bond donors (Lipinski definition) is 1. The maximum absolute atomic E-state index is 12.6. The Balaban J connectivity index is 2.44. The van der Waals surface area contributed by atoms with Gasteiger partial charge in [0.05, 0.1) is 0 Å². The van der Waals surface area contributed by atoms with Gasteiger partial charge in [-0.25, -0.2) is 8.42 Å². The molecule has 0 amide bonds. The molecule has 0 aliphatic rings. The van der Waals surface area contributed by atoms with Gasteiger partial charge in [-0.15, -0.1) is 0 Å². The van der Waals surface area contributed by atoms with Gasteiger partial charge in [0, 0.05) is 0 Å². The van der Waals surface area contributed by atoms with E-state index in [9.17, 15) is 26.7 Å². The van der Waals surface area contributed by atoms with Crippen molar-refractivity contribution >= 4 is 9.84 Å². The molecule has 0 unspecified atom stereocenters. The zero-order valence-electron chi connectivity index (χ0n) is 10.6. The molecule has 2 aromatic carbocycles. The predicted octanol–water partition coefficient (Wildman–Crippen LogP) is 3.28. The molecule has 2 aromatic rings. The number of alkyl halides is 3. The van der Waals surface area contributed by atoms with Crippen LogP contribution in [0.25, 0.3) is 0 Å². The zero-order chi connectivity index (χ0) is 15.7. The molecule has 0 saturated carbocycles. The van der Waals surface area contributed by atoms with Gasteiger partial charge >= 0.3 is 5.51 Å². The Morgan fingerprint density at radius 3 is 2.14 bits per heavy atom. The van der Waals surface area contributed by atoms with Gasteiger partial charge in [0.2, 0.25) is 0 Å². The molecular formula is C14H11F3O3S.